The van der Waals surface area contributed by atoms with E-state index in [1.807, 2.05) is 13.2 Å². The second-order valence-electron chi connectivity index (χ2n) is 3.50. The molecule has 1 unspecified atom stereocenters. The van der Waals surface area contributed by atoms with E-state index in [2.05, 4.69) is 54.3 Å². The molecule has 84 valence electrons. The van der Waals surface area contributed by atoms with Crippen molar-refractivity contribution in [1.82, 2.24) is 14.1 Å². The number of nitrogens with zero attached hydrogens (tertiary/aromatic N) is 2. The zero-order valence-electron chi connectivity index (χ0n) is 8.85. The molecule has 1 heterocycles. The van der Waals surface area contributed by atoms with Gasteiger partial charge in [-0.25, -0.2) is 0 Å². The van der Waals surface area contributed by atoms with E-state index in [9.17, 15) is 0 Å². The van der Waals surface area contributed by atoms with Gasteiger partial charge >= 0.3 is 0 Å². The van der Waals surface area contributed by atoms with Gasteiger partial charge in [0.15, 0.2) is 0 Å². The Bertz CT molecular complexity index is 427. The van der Waals surface area contributed by atoms with Crippen LogP contribution in [-0.2, 0) is 6.42 Å². The maximum Gasteiger partial charge on any atom is 0.0915 e. The summed E-state index contributed by atoms with van der Waals surface area (Å²) in [6, 6.07) is 8.59. The van der Waals surface area contributed by atoms with E-state index in [-0.39, 0.29) is 6.04 Å². The highest BCUT2D eigenvalue weighted by Crippen LogP contribution is 2.18. The average molecular weight is 298 g/mol. The highest BCUT2D eigenvalue weighted by atomic mass is 79.9. The number of benzene rings is 1. The van der Waals surface area contributed by atoms with Crippen LogP contribution in [0.15, 0.2) is 34.9 Å². The van der Waals surface area contributed by atoms with Crippen LogP contribution in [0, 0.1) is 0 Å². The molecule has 0 saturated carbocycles. The first-order valence-electron chi connectivity index (χ1n) is 4.99. The molecule has 0 aliphatic heterocycles. The van der Waals surface area contributed by atoms with Crippen LogP contribution in [0.25, 0.3) is 0 Å². The van der Waals surface area contributed by atoms with Gasteiger partial charge in [0.2, 0.25) is 0 Å². The van der Waals surface area contributed by atoms with Crippen molar-refractivity contribution in [2.45, 2.75) is 12.5 Å². The molecule has 0 aliphatic carbocycles. The van der Waals surface area contributed by atoms with Gasteiger partial charge in [0.05, 0.1) is 29.7 Å². The molecule has 1 N–H and O–H groups in total. The van der Waals surface area contributed by atoms with Crippen LogP contribution < -0.4 is 5.32 Å². The SMILES string of the molecule is CNC(Cc1ccc(Br)cc1)c1cnsn1. The summed E-state index contributed by atoms with van der Waals surface area (Å²) in [6.07, 6.45) is 2.75. The lowest BCUT2D eigenvalue weighted by Gasteiger charge is -2.13. The van der Waals surface area contributed by atoms with Gasteiger partial charge in [-0.1, -0.05) is 28.1 Å². The molecule has 2 rings (SSSR count). The first kappa shape index (κ1) is 11.7. The van der Waals surface area contributed by atoms with E-state index in [1.165, 1.54) is 17.3 Å². The summed E-state index contributed by atoms with van der Waals surface area (Å²) in [6.45, 7) is 0. The summed E-state index contributed by atoms with van der Waals surface area (Å²) in [5.74, 6) is 0. The fourth-order valence-electron chi connectivity index (χ4n) is 1.54. The predicted molar refractivity (Wildman–Crippen MR) is 69.6 cm³/mol. The highest BCUT2D eigenvalue weighted by molar-refractivity contribution is 9.10. The van der Waals surface area contributed by atoms with Crippen molar-refractivity contribution < 1.29 is 0 Å². The maximum atomic E-state index is 4.26. The third-order valence-corrected chi connectivity index (χ3v) is 3.46. The minimum absolute atomic E-state index is 0.236. The summed E-state index contributed by atoms with van der Waals surface area (Å²) in [5.41, 5.74) is 2.30. The van der Waals surface area contributed by atoms with Crippen LogP contribution in [-0.4, -0.2) is 15.8 Å². The standard InChI is InChI=1S/C11H12BrN3S/c1-13-10(11-7-14-16-15-11)6-8-2-4-9(12)5-3-8/h2-5,7,10,13H,6H2,1H3. The largest absolute Gasteiger partial charge is 0.311 e. The maximum absolute atomic E-state index is 4.26. The normalized spacial score (nSPS) is 12.6. The van der Waals surface area contributed by atoms with Crippen molar-refractivity contribution in [2.75, 3.05) is 7.05 Å². The second kappa shape index (κ2) is 5.52. The van der Waals surface area contributed by atoms with Crippen LogP contribution >= 0.6 is 27.7 Å². The van der Waals surface area contributed by atoms with E-state index in [1.54, 1.807) is 0 Å². The molecule has 1 aromatic carbocycles. The van der Waals surface area contributed by atoms with Gasteiger partial charge in [-0.3, -0.25) is 0 Å². The number of hydrogen-bond acceptors (Lipinski definition) is 4. The number of rotatable bonds is 4. The van der Waals surface area contributed by atoms with Gasteiger partial charge in [-0.15, -0.1) is 0 Å². The molecule has 1 atom stereocenters. The van der Waals surface area contributed by atoms with Gasteiger partial charge < -0.3 is 5.32 Å². The van der Waals surface area contributed by atoms with Crippen molar-refractivity contribution in [3.05, 3.63) is 46.2 Å². The summed E-state index contributed by atoms with van der Waals surface area (Å²) < 4.78 is 9.39. The van der Waals surface area contributed by atoms with Gasteiger partial charge in [-0.2, -0.15) is 8.75 Å². The van der Waals surface area contributed by atoms with Gasteiger partial charge in [0, 0.05) is 4.47 Å². The summed E-state index contributed by atoms with van der Waals surface area (Å²) in [5, 5.41) is 3.26. The molecule has 2 aromatic rings. The van der Waals surface area contributed by atoms with Gasteiger partial charge in [0.25, 0.3) is 0 Å². The van der Waals surface area contributed by atoms with Crippen LogP contribution in [0.1, 0.15) is 17.3 Å². The Morgan fingerprint density at radius 3 is 2.69 bits per heavy atom. The molecule has 0 amide bonds. The Hall–Kier alpha value is -0.780. The lowest BCUT2D eigenvalue weighted by molar-refractivity contribution is 0.580. The first-order valence-corrected chi connectivity index (χ1v) is 6.51. The number of nitrogens with one attached hydrogen (secondary N) is 1. The Balaban J connectivity index is 2.10. The Morgan fingerprint density at radius 1 is 1.38 bits per heavy atom. The van der Waals surface area contributed by atoms with Crippen molar-refractivity contribution in [2.24, 2.45) is 0 Å². The van der Waals surface area contributed by atoms with E-state index < -0.39 is 0 Å². The van der Waals surface area contributed by atoms with Crippen LogP contribution in [0.2, 0.25) is 0 Å². The molecule has 1 aromatic heterocycles. The van der Waals surface area contributed by atoms with E-state index in [4.69, 9.17) is 0 Å². The third-order valence-electron chi connectivity index (χ3n) is 2.44. The highest BCUT2D eigenvalue weighted by Gasteiger charge is 2.12. The fraction of sp³-hybridized carbons (Fsp3) is 0.273. The summed E-state index contributed by atoms with van der Waals surface area (Å²) in [7, 11) is 1.95. The number of hydrogen-bond donors (Lipinski definition) is 1. The zero-order chi connectivity index (χ0) is 11.4. The summed E-state index contributed by atoms with van der Waals surface area (Å²) in [4.78, 5) is 0. The average Bonchev–Trinajstić information content (AvgIpc) is 2.82. The lowest BCUT2D eigenvalue weighted by atomic mass is 10.0. The molecule has 0 aliphatic rings. The quantitative estimate of drug-likeness (QED) is 0.943. The predicted octanol–water partition coefficient (Wildman–Crippen LogP) is 2.80. The molecular weight excluding hydrogens is 286 g/mol. The molecule has 0 radical (unpaired) electrons. The molecule has 16 heavy (non-hydrogen) atoms. The van der Waals surface area contributed by atoms with E-state index in [0.717, 1.165) is 16.6 Å². The van der Waals surface area contributed by atoms with E-state index >= 15 is 0 Å². The molecule has 3 nitrogen and oxygen atoms in total. The smallest absolute Gasteiger partial charge is 0.0915 e. The molecule has 0 bridgehead atoms. The van der Waals surface area contributed by atoms with Crippen LogP contribution in [0.5, 0.6) is 0 Å². The minimum atomic E-state index is 0.236. The topological polar surface area (TPSA) is 37.8 Å². The van der Waals surface area contributed by atoms with Crippen molar-refractivity contribution in [3.8, 4) is 0 Å². The van der Waals surface area contributed by atoms with Crippen molar-refractivity contribution in [1.29, 1.82) is 0 Å². The number of aromatic nitrogens is 2. The molecule has 5 heteroatoms. The lowest BCUT2D eigenvalue weighted by Crippen LogP contribution is -2.19. The van der Waals surface area contributed by atoms with Crippen LogP contribution in [0.4, 0.5) is 0 Å². The number of likely N-dealkylation sites (N-methyl/N-ethyl adjacent to an activating group) is 1. The monoisotopic (exact) mass is 297 g/mol. The zero-order valence-corrected chi connectivity index (χ0v) is 11.3. The van der Waals surface area contributed by atoms with Crippen LogP contribution in [0.3, 0.4) is 0 Å². The fourth-order valence-corrected chi connectivity index (χ4v) is 2.27. The molecule has 0 spiro atoms. The van der Waals surface area contributed by atoms with Gasteiger partial charge in [0.1, 0.15) is 0 Å². The van der Waals surface area contributed by atoms with Crippen molar-refractivity contribution >= 4 is 27.7 Å². The molecule has 0 fully saturated rings. The Kier molecular flexibility index (Phi) is 4.04. The molecular formula is C11H12BrN3S. The first-order chi connectivity index (χ1) is 7.79. The molecule has 0 saturated heterocycles. The summed E-state index contributed by atoms with van der Waals surface area (Å²) >= 11 is 4.68. The second-order valence-corrected chi connectivity index (χ2v) is 4.98. The third kappa shape index (κ3) is 2.87. The van der Waals surface area contributed by atoms with Crippen molar-refractivity contribution in [3.63, 3.8) is 0 Å². The minimum Gasteiger partial charge on any atom is -0.311 e. The van der Waals surface area contributed by atoms with Gasteiger partial charge in [-0.05, 0) is 31.2 Å². The van der Waals surface area contributed by atoms with E-state index in [0.29, 0.717) is 0 Å². The Labute approximate surface area is 107 Å². The Morgan fingerprint density at radius 2 is 2.12 bits per heavy atom. The number of halogens is 1.